The van der Waals surface area contributed by atoms with Crippen molar-refractivity contribution in [1.29, 1.82) is 5.26 Å². The van der Waals surface area contributed by atoms with Crippen LogP contribution in [0.2, 0.25) is 5.02 Å². The molecule has 0 bridgehead atoms. The van der Waals surface area contributed by atoms with Crippen LogP contribution in [0.15, 0.2) is 23.1 Å². The smallest absolute Gasteiger partial charge is 0.102 e. The highest BCUT2D eigenvalue weighted by atomic mass is 35.5. The number of rotatable bonds is 3. The maximum absolute atomic E-state index is 8.90. The molecule has 0 saturated carbocycles. The van der Waals surface area contributed by atoms with Crippen molar-refractivity contribution in [3.05, 3.63) is 28.8 Å². The fraction of sp³-hybridized carbons (Fsp3) is 0.300. The molecule has 0 saturated heterocycles. The molecule has 0 aliphatic carbocycles. The van der Waals surface area contributed by atoms with Crippen LogP contribution >= 0.6 is 35.0 Å². The lowest BCUT2D eigenvalue weighted by atomic mass is 10.2. The van der Waals surface area contributed by atoms with Crippen LogP contribution in [0.3, 0.4) is 0 Å². The van der Waals surface area contributed by atoms with E-state index in [0.29, 0.717) is 16.5 Å². The topological polar surface area (TPSA) is 23.8 Å². The molecule has 1 atom stereocenters. The van der Waals surface area contributed by atoms with Gasteiger partial charge in [0, 0.05) is 16.0 Å². The van der Waals surface area contributed by atoms with Crippen LogP contribution in [0.5, 0.6) is 0 Å². The third-order valence-electron chi connectivity index (χ3n) is 1.63. The van der Waals surface area contributed by atoms with Crippen LogP contribution in [-0.4, -0.2) is 11.1 Å². The summed E-state index contributed by atoms with van der Waals surface area (Å²) in [6.07, 6.45) is 0. The van der Waals surface area contributed by atoms with E-state index in [2.05, 4.69) is 6.07 Å². The number of benzene rings is 1. The lowest BCUT2D eigenvalue weighted by Gasteiger charge is -2.08. The fourth-order valence-corrected chi connectivity index (χ4v) is 2.35. The molecule has 1 aromatic carbocycles. The van der Waals surface area contributed by atoms with Crippen molar-refractivity contribution in [1.82, 2.24) is 0 Å². The van der Waals surface area contributed by atoms with E-state index in [1.54, 1.807) is 17.8 Å². The Morgan fingerprint density at radius 2 is 2.29 bits per heavy atom. The molecule has 0 N–H and O–H groups in total. The monoisotopic (exact) mass is 245 g/mol. The van der Waals surface area contributed by atoms with Gasteiger partial charge in [0.1, 0.15) is 6.07 Å². The van der Waals surface area contributed by atoms with Gasteiger partial charge in [0.2, 0.25) is 0 Å². The lowest BCUT2D eigenvalue weighted by molar-refractivity contribution is 1.12. The second kappa shape index (κ2) is 5.50. The Morgan fingerprint density at radius 3 is 2.86 bits per heavy atom. The zero-order valence-corrected chi connectivity index (χ0v) is 9.96. The van der Waals surface area contributed by atoms with Gasteiger partial charge in [-0.2, -0.15) is 5.26 Å². The third-order valence-corrected chi connectivity index (χ3v) is 3.76. The Balaban J connectivity index is 2.98. The number of nitrogens with zero attached hydrogens (tertiary/aromatic N) is 1. The highest BCUT2D eigenvalue weighted by molar-refractivity contribution is 8.00. The van der Waals surface area contributed by atoms with E-state index in [1.165, 1.54) is 0 Å². The van der Waals surface area contributed by atoms with Gasteiger partial charge in [-0.05, 0) is 12.1 Å². The number of thioether (sulfide) groups is 1. The molecule has 0 spiro atoms. The van der Waals surface area contributed by atoms with Crippen LogP contribution < -0.4 is 0 Å². The summed E-state index contributed by atoms with van der Waals surface area (Å²) in [5.41, 5.74) is 0.538. The summed E-state index contributed by atoms with van der Waals surface area (Å²) in [5, 5.41) is 9.68. The van der Waals surface area contributed by atoms with Crippen LogP contribution in [-0.2, 0) is 0 Å². The van der Waals surface area contributed by atoms with Gasteiger partial charge in [0.15, 0.2) is 0 Å². The van der Waals surface area contributed by atoms with Crippen molar-refractivity contribution in [2.45, 2.75) is 17.1 Å². The molecule has 14 heavy (non-hydrogen) atoms. The van der Waals surface area contributed by atoms with Gasteiger partial charge in [-0.3, -0.25) is 0 Å². The van der Waals surface area contributed by atoms with E-state index in [0.717, 1.165) is 4.90 Å². The minimum absolute atomic E-state index is 0.280. The van der Waals surface area contributed by atoms with Gasteiger partial charge < -0.3 is 0 Å². The maximum atomic E-state index is 8.90. The standard InChI is InChI=1S/C10H9Cl2NS/c1-7(5-11)14-10-4-2-3-9(12)8(10)6-13/h2-4,7H,5H2,1H3. The summed E-state index contributed by atoms with van der Waals surface area (Å²) in [6, 6.07) is 7.54. The Labute approximate surface area is 98.0 Å². The second-order valence-corrected chi connectivity index (χ2v) is 5.00. The molecule has 0 aliphatic heterocycles. The zero-order valence-electron chi connectivity index (χ0n) is 7.63. The van der Waals surface area contributed by atoms with E-state index in [9.17, 15) is 0 Å². The summed E-state index contributed by atoms with van der Waals surface area (Å²) in [7, 11) is 0. The maximum Gasteiger partial charge on any atom is 0.102 e. The zero-order chi connectivity index (χ0) is 10.6. The van der Waals surface area contributed by atoms with E-state index in [1.807, 2.05) is 19.1 Å². The molecule has 1 rings (SSSR count). The Hall–Kier alpha value is -0.360. The van der Waals surface area contributed by atoms with Crippen molar-refractivity contribution in [2.24, 2.45) is 0 Å². The summed E-state index contributed by atoms with van der Waals surface area (Å²) >= 11 is 13.2. The van der Waals surface area contributed by atoms with Gasteiger partial charge >= 0.3 is 0 Å². The van der Waals surface area contributed by atoms with Crippen LogP contribution in [0.25, 0.3) is 0 Å². The summed E-state index contributed by atoms with van der Waals surface area (Å²) in [6.45, 7) is 2.01. The van der Waals surface area contributed by atoms with Crippen molar-refractivity contribution >= 4 is 35.0 Å². The normalized spacial score (nSPS) is 12.1. The molecular weight excluding hydrogens is 237 g/mol. The van der Waals surface area contributed by atoms with Crippen LogP contribution in [0.1, 0.15) is 12.5 Å². The first-order valence-corrected chi connectivity index (χ1v) is 5.89. The van der Waals surface area contributed by atoms with Gasteiger partial charge in [-0.1, -0.05) is 24.6 Å². The summed E-state index contributed by atoms with van der Waals surface area (Å²) in [5.74, 6) is 0.558. The summed E-state index contributed by atoms with van der Waals surface area (Å²) in [4.78, 5) is 0.896. The SMILES string of the molecule is CC(CCl)Sc1cccc(Cl)c1C#N. The highest BCUT2D eigenvalue weighted by Gasteiger charge is 2.09. The van der Waals surface area contributed by atoms with E-state index in [4.69, 9.17) is 28.5 Å². The van der Waals surface area contributed by atoms with Crippen molar-refractivity contribution in [2.75, 3.05) is 5.88 Å². The van der Waals surface area contributed by atoms with E-state index in [-0.39, 0.29) is 5.25 Å². The first-order chi connectivity index (χ1) is 6.69. The average Bonchev–Trinajstić information content (AvgIpc) is 2.18. The number of nitriles is 1. The van der Waals surface area contributed by atoms with Gasteiger partial charge in [-0.15, -0.1) is 23.4 Å². The van der Waals surface area contributed by atoms with Gasteiger partial charge in [0.05, 0.1) is 10.6 Å². The Kier molecular flexibility index (Phi) is 4.60. The first-order valence-electron chi connectivity index (χ1n) is 4.10. The molecule has 0 radical (unpaired) electrons. The third kappa shape index (κ3) is 2.81. The van der Waals surface area contributed by atoms with E-state index >= 15 is 0 Å². The van der Waals surface area contributed by atoms with E-state index < -0.39 is 0 Å². The molecule has 4 heteroatoms. The Morgan fingerprint density at radius 1 is 1.57 bits per heavy atom. The molecule has 0 aromatic heterocycles. The van der Waals surface area contributed by atoms with Crippen LogP contribution in [0.4, 0.5) is 0 Å². The largest absolute Gasteiger partial charge is 0.192 e. The van der Waals surface area contributed by atoms with Crippen molar-refractivity contribution in [3.8, 4) is 6.07 Å². The fourth-order valence-electron chi connectivity index (χ4n) is 0.959. The van der Waals surface area contributed by atoms with Crippen molar-refractivity contribution < 1.29 is 0 Å². The number of hydrogen-bond donors (Lipinski definition) is 0. The van der Waals surface area contributed by atoms with Gasteiger partial charge in [0.25, 0.3) is 0 Å². The number of hydrogen-bond acceptors (Lipinski definition) is 2. The number of halogens is 2. The molecular formula is C10H9Cl2NS. The molecule has 0 heterocycles. The molecule has 74 valence electrons. The predicted molar refractivity (Wildman–Crippen MR) is 62.2 cm³/mol. The minimum Gasteiger partial charge on any atom is -0.192 e. The lowest BCUT2D eigenvalue weighted by Crippen LogP contribution is -1.97. The highest BCUT2D eigenvalue weighted by Crippen LogP contribution is 2.30. The Bertz CT molecular complexity index is 360. The molecule has 1 nitrogen and oxygen atoms in total. The molecule has 1 unspecified atom stereocenters. The molecule has 1 aromatic rings. The number of alkyl halides is 1. The molecule has 0 fully saturated rings. The van der Waals surface area contributed by atoms with Gasteiger partial charge in [-0.25, -0.2) is 0 Å². The molecule has 0 amide bonds. The minimum atomic E-state index is 0.280. The molecule has 0 aliphatic rings. The predicted octanol–water partition coefficient (Wildman–Crippen LogP) is 3.93. The van der Waals surface area contributed by atoms with Crippen LogP contribution in [0, 0.1) is 11.3 Å². The van der Waals surface area contributed by atoms with Crippen molar-refractivity contribution in [3.63, 3.8) is 0 Å². The first kappa shape index (κ1) is 11.7. The average molecular weight is 246 g/mol. The summed E-state index contributed by atoms with van der Waals surface area (Å²) < 4.78 is 0. The second-order valence-electron chi connectivity index (χ2n) is 2.81. The quantitative estimate of drug-likeness (QED) is 0.596.